The van der Waals surface area contributed by atoms with E-state index < -0.39 is 18.1 Å². The average Bonchev–Trinajstić information content (AvgIpc) is 3.07. The summed E-state index contributed by atoms with van der Waals surface area (Å²) in [7, 11) is 0. The maximum atomic E-state index is 12.4. The predicted molar refractivity (Wildman–Crippen MR) is 112 cm³/mol. The van der Waals surface area contributed by atoms with Gasteiger partial charge >= 0.3 is 12.1 Å². The van der Waals surface area contributed by atoms with Gasteiger partial charge < -0.3 is 15.2 Å². The Balaban J connectivity index is 1.44. The number of carboxylic acid groups (broad SMARTS) is 1. The van der Waals surface area contributed by atoms with E-state index in [1.165, 1.54) is 0 Å². The van der Waals surface area contributed by atoms with E-state index in [2.05, 4.69) is 22.4 Å². The monoisotopic (exact) mass is 402 g/mol. The molecule has 0 saturated carbocycles. The number of amides is 1. The zero-order valence-corrected chi connectivity index (χ0v) is 16.5. The first-order valence-corrected chi connectivity index (χ1v) is 9.79. The van der Waals surface area contributed by atoms with Gasteiger partial charge in [-0.3, -0.25) is 4.98 Å². The van der Waals surface area contributed by atoms with Gasteiger partial charge in [-0.25, -0.2) is 9.59 Å². The summed E-state index contributed by atoms with van der Waals surface area (Å²) in [6.07, 6.45) is 1.04. The lowest BCUT2D eigenvalue weighted by atomic mass is 9.98. The lowest BCUT2D eigenvalue weighted by Crippen LogP contribution is -2.43. The average molecular weight is 402 g/mol. The van der Waals surface area contributed by atoms with Crippen LogP contribution in [0.5, 0.6) is 0 Å². The smallest absolute Gasteiger partial charge is 0.407 e. The zero-order valence-electron chi connectivity index (χ0n) is 16.5. The van der Waals surface area contributed by atoms with Crippen molar-refractivity contribution in [3.05, 3.63) is 89.2 Å². The van der Waals surface area contributed by atoms with Crippen molar-refractivity contribution >= 4 is 12.1 Å². The summed E-state index contributed by atoms with van der Waals surface area (Å²) in [6.45, 7) is 1.94. The highest BCUT2D eigenvalue weighted by molar-refractivity contribution is 5.81. The third-order valence-electron chi connectivity index (χ3n) is 5.47. The molecule has 1 aliphatic carbocycles. The maximum absolute atomic E-state index is 12.4. The molecule has 30 heavy (non-hydrogen) atoms. The number of alkyl carbamates (subject to hydrolysis) is 1. The van der Waals surface area contributed by atoms with Crippen LogP contribution in [0.2, 0.25) is 0 Å². The number of rotatable bonds is 6. The van der Waals surface area contributed by atoms with E-state index in [1.54, 1.807) is 18.3 Å². The molecule has 3 aromatic rings. The number of carbonyl (C=O) groups excluding carboxylic acids is 1. The van der Waals surface area contributed by atoms with Crippen LogP contribution < -0.4 is 5.32 Å². The quantitative estimate of drug-likeness (QED) is 0.652. The second-order valence-corrected chi connectivity index (χ2v) is 7.31. The zero-order chi connectivity index (χ0) is 21.1. The van der Waals surface area contributed by atoms with Gasteiger partial charge in [0.15, 0.2) is 0 Å². The molecular formula is C24H22N2O4. The molecule has 0 fully saturated rings. The summed E-state index contributed by atoms with van der Waals surface area (Å²) in [6, 6.07) is 18.6. The Hall–Kier alpha value is -3.67. The predicted octanol–water partition coefficient (Wildman–Crippen LogP) is 3.92. The first-order chi connectivity index (χ1) is 14.5. The Morgan fingerprint density at radius 2 is 1.67 bits per heavy atom. The summed E-state index contributed by atoms with van der Waals surface area (Å²) >= 11 is 0. The van der Waals surface area contributed by atoms with Gasteiger partial charge in [0.2, 0.25) is 0 Å². The van der Waals surface area contributed by atoms with Gasteiger partial charge in [0.25, 0.3) is 0 Å². The van der Waals surface area contributed by atoms with Crippen LogP contribution in [0.3, 0.4) is 0 Å². The molecule has 1 aromatic heterocycles. The van der Waals surface area contributed by atoms with E-state index in [0.29, 0.717) is 0 Å². The lowest BCUT2D eigenvalue weighted by Gasteiger charge is -2.18. The molecule has 0 unspecified atom stereocenters. The van der Waals surface area contributed by atoms with Crippen molar-refractivity contribution in [3.8, 4) is 11.1 Å². The van der Waals surface area contributed by atoms with E-state index in [1.807, 2.05) is 43.3 Å². The van der Waals surface area contributed by atoms with Gasteiger partial charge in [0, 0.05) is 24.2 Å². The molecule has 6 nitrogen and oxygen atoms in total. The number of carbonyl (C=O) groups is 2. The summed E-state index contributed by atoms with van der Waals surface area (Å²) in [5, 5.41) is 12.0. The summed E-state index contributed by atoms with van der Waals surface area (Å²) in [4.78, 5) is 28.2. The maximum Gasteiger partial charge on any atom is 0.407 e. The minimum absolute atomic E-state index is 0.0769. The van der Waals surface area contributed by atoms with E-state index in [0.717, 1.165) is 33.5 Å². The van der Waals surface area contributed by atoms with Crippen molar-refractivity contribution in [1.29, 1.82) is 0 Å². The normalized spacial score (nSPS) is 13.2. The standard InChI is InChI=1S/C24H22N2O4/c1-15-16(7-6-12-25-15)13-22(23(27)28)26-24(29)30-14-21-19-10-4-2-8-17(19)18-9-3-5-11-20(18)21/h2-12,21-22H,13-14H2,1H3,(H,26,29)(H,27,28)/t22-/m0/s1. The number of hydrogen-bond donors (Lipinski definition) is 2. The number of ether oxygens (including phenoxy) is 1. The van der Waals surface area contributed by atoms with Gasteiger partial charge in [-0.2, -0.15) is 0 Å². The molecule has 1 atom stereocenters. The SMILES string of the molecule is Cc1ncccc1C[C@H](NC(=O)OCC1c2ccccc2-c2ccccc21)C(=O)O. The fourth-order valence-corrected chi connectivity index (χ4v) is 3.94. The van der Waals surface area contributed by atoms with Crippen LogP contribution in [0.4, 0.5) is 4.79 Å². The summed E-state index contributed by atoms with van der Waals surface area (Å²) in [5.41, 5.74) is 5.98. The summed E-state index contributed by atoms with van der Waals surface area (Å²) in [5.74, 6) is -1.20. The van der Waals surface area contributed by atoms with E-state index in [4.69, 9.17) is 4.74 Å². The molecule has 1 aliphatic rings. The van der Waals surface area contributed by atoms with Gasteiger partial charge in [-0.15, -0.1) is 0 Å². The Labute approximate surface area is 174 Å². The largest absolute Gasteiger partial charge is 0.480 e. The van der Waals surface area contributed by atoms with Gasteiger partial charge in [0.1, 0.15) is 12.6 Å². The highest BCUT2D eigenvalue weighted by atomic mass is 16.5. The van der Waals surface area contributed by atoms with Crippen LogP contribution in [-0.2, 0) is 16.0 Å². The highest BCUT2D eigenvalue weighted by Gasteiger charge is 2.29. The minimum Gasteiger partial charge on any atom is -0.480 e. The van der Waals surface area contributed by atoms with Crippen LogP contribution in [-0.4, -0.2) is 34.8 Å². The second-order valence-electron chi connectivity index (χ2n) is 7.31. The number of hydrogen-bond acceptors (Lipinski definition) is 4. The van der Waals surface area contributed by atoms with E-state index in [-0.39, 0.29) is 18.9 Å². The molecule has 0 bridgehead atoms. The number of benzene rings is 2. The number of carboxylic acids is 1. The van der Waals surface area contributed by atoms with Crippen LogP contribution >= 0.6 is 0 Å². The fraction of sp³-hybridized carbons (Fsp3) is 0.208. The molecule has 0 radical (unpaired) electrons. The van der Waals surface area contributed by atoms with Crippen molar-refractivity contribution in [3.63, 3.8) is 0 Å². The lowest BCUT2D eigenvalue weighted by molar-refractivity contribution is -0.139. The van der Waals surface area contributed by atoms with Crippen LogP contribution in [0.1, 0.15) is 28.3 Å². The van der Waals surface area contributed by atoms with Crippen LogP contribution in [0, 0.1) is 6.92 Å². The minimum atomic E-state index is -1.12. The molecule has 0 aliphatic heterocycles. The molecule has 1 amide bonds. The number of aryl methyl sites for hydroxylation is 1. The second kappa shape index (κ2) is 8.37. The first kappa shape index (κ1) is 19.6. The molecule has 2 aromatic carbocycles. The summed E-state index contributed by atoms with van der Waals surface area (Å²) < 4.78 is 5.46. The van der Waals surface area contributed by atoms with Crippen LogP contribution in [0.15, 0.2) is 66.9 Å². The number of aliphatic carboxylic acids is 1. The molecule has 0 spiro atoms. The number of fused-ring (bicyclic) bond motifs is 3. The Bertz CT molecular complexity index is 1050. The number of nitrogens with one attached hydrogen (secondary N) is 1. The number of nitrogens with zero attached hydrogens (tertiary/aromatic N) is 1. The molecular weight excluding hydrogens is 380 g/mol. The molecule has 1 heterocycles. The third-order valence-corrected chi connectivity index (χ3v) is 5.47. The Kier molecular flexibility index (Phi) is 5.48. The Morgan fingerprint density at radius 3 is 2.27 bits per heavy atom. The van der Waals surface area contributed by atoms with Crippen molar-refractivity contribution in [2.75, 3.05) is 6.61 Å². The van der Waals surface area contributed by atoms with E-state index in [9.17, 15) is 14.7 Å². The fourth-order valence-electron chi connectivity index (χ4n) is 3.94. The molecule has 152 valence electrons. The number of aromatic nitrogens is 1. The van der Waals surface area contributed by atoms with Crippen molar-refractivity contribution in [2.24, 2.45) is 0 Å². The molecule has 4 rings (SSSR count). The van der Waals surface area contributed by atoms with Gasteiger partial charge in [-0.05, 0) is 40.8 Å². The van der Waals surface area contributed by atoms with Crippen molar-refractivity contribution < 1.29 is 19.4 Å². The van der Waals surface area contributed by atoms with Crippen molar-refractivity contribution in [2.45, 2.75) is 25.3 Å². The Morgan fingerprint density at radius 1 is 1.03 bits per heavy atom. The third kappa shape index (κ3) is 3.89. The van der Waals surface area contributed by atoms with Gasteiger partial charge in [-0.1, -0.05) is 54.6 Å². The van der Waals surface area contributed by atoms with Crippen molar-refractivity contribution in [1.82, 2.24) is 10.3 Å². The molecule has 2 N–H and O–H groups in total. The van der Waals surface area contributed by atoms with E-state index >= 15 is 0 Å². The highest BCUT2D eigenvalue weighted by Crippen LogP contribution is 2.44. The molecule has 0 saturated heterocycles. The molecule has 6 heteroatoms. The topological polar surface area (TPSA) is 88.5 Å². The van der Waals surface area contributed by atoms with Gasteiger partial charge in [0.05, 0.1) is 0 Å². The van der Waals surface area contributed by atoms with Crippen LogP contribution in [0.25, 0.3) is 11.1 Å². The first-order valence-electron chi connectivity index (χ1n) is 9.79. The number of pyridine rings is 1.